The summed E-state index contributed by atoms with van der Waals surface area (Å²) < 4.78 is 11.4. The molecule has 0 saturated carbocycles. The summed E-state index contributed by atoms with van der Waals surface area (Å²) in [5, 5.41) is 8.80. The summed E-state index contributed by atoms with van der Waals surface area (Å²) in [5.74, 6) is 1.14. The number of carboxylic acids is 1. The maximum Gasteiger partial charge on any atom is 0.341 e. The lowest BCUT2D eigenvalue weighted by Gasteiger charge is -2.28. The molecule has 0 saturated heterocycles. The predicted octanol–water partition coefficient (Wildman–Crippen LogP) is 5.30. The molecule has 0 spiro atoms. The van der Waals surface area contributed by atoms with Crippen LogP contribution in [0.5, 0.6) is 17.2 Å². The minimum atomic E-state index is -1.01. The Labute approximate surface area is 202 Å². The number of ether oxygens (including phenoxy) is 2. The smallest absolute Gasteiger partial charge is 0.341 e. The van der Waals surface area contributed by atoms with Gasteiger partial charge in [-0.15, -0.1) is 0 Å². The first-order chi connectivity index (χ1) is 17.1. The summed E-state index contributed by atoms with van der Waals surface area (Å²) >= 11 is 0. The van der Waals surface area contributed by atoms with Gasteiger partial charge in [0.2, 0.25) is 0 Å². The van der Waals surface area contributed by atoms with E-state index in [1.807, 2.05) is 60.7 Å². The topological polar surface area (TPSA) is 88.6 Å². The average Bonchev–Trinajstić information content (AvgIpc) is 2.87. The fourth-order valence-corrected chi connectivity index (χ4v) is 4.59. The van der Waals surface area contributed by atoms with Gasteiger partial charge in [-0.05, 0) is 60.7 Å². The third kappa shape index (κ3) is 4.96. The van der Waals surface area contributed by atoms with Crippen molar-refractivity contribution in [3.05, 3.63) is 123 Å². The summed E-state index contributed by atoms with van der Waals surface area (Å²) in [6.45, 7) is -0.371. The van der Waals surface area contributed by atoms with Crippen molar-refractivity contribution in [2.75, 3.05) is 6.61 Å². The number of aryl methyl sites for hydroxylation is 2. The molecule has 0 aliphatic carbocycles. The number of H-pyrrole nitrogens is 1. The summed E-state index contributed by atoms with van der Waals surface area (Å²) in [6, 6.07) is 25.4. The van der Waals surface area contributed by atoms with Gasteiger partial charge in [0.25, 0.3) is 5.56 Å². The van der Waals surface area contributed by atoms with E-state index < -0.39 is 5.97 Å². The van der Waals surface area contributed by atoms with Crippen LogP contribution in [0.15, 0.2) is 89.9 Å². The van der Waals surface area contributed by atoms with Gasteiger partial charge in [-0.25, -0.2) is 4.79 Å². The van der Waals surface area contributed by atoms with Gasteiger partial charge in [-0.3, -0.25) is 4.79 Å². The highest BCUT2D eigenvalue weighted by atomic mass is 16.5. The number of nitrogens with one attached hydrogen (secondary N) is 1. The molecule has 6 nitrogen and oxygen atoms in total. The number of benzene rings is 3. The van der Waals surface area contributed by atoms with Crippen molar-refractivity contribution in [2.24, 2.45) is 0 Å². The number of para-hydroxylation sites is 2. The van der Waals surface area contributed by atoms with Crippen molar-refractivity contribution in [1.29, 1.82) is 0 Å². The van der Waals surface area contributed by atoms with E-state index in [0.717, 1.165) is 52.2 Å². The molecule has 0 fully saturated rings. The number of pyridine rings is 1. The zero-order valence-corrected chi connectivity index (χ0v) is 19.1. The van der Waals surface area contributed by atoms with Gasteiger partial charge in [0.15, 0.2) is 6.61 Å². The molecule has 3 aromatic carbocycles. The fraction of sp³-hybridized carbons (Fsp3) is 0.172. The highest BCUT2D eigenvalue weighted by Gasteiger charge is 2.28. The number of carbonyl (C=O) groups is 1. The van der Waals surface area contributed by atoms with E-state index in [1.54, 1.807) is 12.3 Å². The molecular weight excluding hydrogens is 442 g/mol. The Kier molecular flexibility index (Phi) is 6.35. The summed E-state index contributed by atoms with van der Waals surface area (Å²) in [7, 11) is 0. The molecule has 0 radical (unpaired) electrons. The van der Waals surface area contributed by atoms with E-state index in [4.69, 9.17) is 14.6 Å². The monoisotopic (exact) mass is 467 g/mol. The summed E-state index contributed by atoms with van der Waals surface area (Å²) in [4.78, 5) is 26.3. The van der Waals surface area contributed by atoms with Gasteiger partial charge in [0.1, 0.15) is 17.2 Å². The van der Waals surface area contributed by atoms with Crippen molar-refractivity contribution in [1.82, 2.24) is 4.98 Å². The normalized spacial score (nSPS) is 12.3. The Morgan fingerprint density at radius 1 is 0.914 bits per heavy atom. The molecule has 35 heavy (non-hydrogen) atoms. The van der Waals surface area contributed by atoms with Crippen molar-refractivity contribution >= 4 is 5.97 Å². The van der Waals surface area contributed by atoms with Crippen LogP contribution in [0, 0.1) is 0 Å². The van der Waals surface area contributed by atoms with Crippen LogP contribution in [-0.2, 0) is 17.6 Å². The van der Waals surface area contributed by atoms with E-state index in [9.17, 15) is 9.59 Å². The second kappa shape index (κ2) is 9.89. The quantitative estimate of drug-likeness (QED) is 0.323. The molecule has 0 bridgehead atoms. The first-order valence-electron chi connectivity index (χ1n) is 11.6. The lowest BCUT2D eigenvalue weighted by Crippen LogP contribution is -2.17. The Morgan fingerprint density at radius 3 is 2.34 bits per heavy atom. The second-order valence-corrected chi connectivity index (χ2v) is 8.58. The standard InChI is InChI=1S/C29H25NO5/c31-27(32)18-34-22-10-6-8-19(15-22)7-5-9-20-16-21(17-30-29(20)33)28-23-11-1-3-13-25(23)35-26-14-4-2-12-24(26)28/h1-4,6,8,10-17,28H,5,7,9,18H2,(H,30,33)(H,31,32). The maximum absolute atomic E-state index is 12.6. The van der Waals surface area contributed by atoms with Crippen molar-refractivity contribution < 1.29 is 19.4 Å². The van der Waals surface area contributed by atoms with Crippen LogP contribution in [0.2, 0.25) is 0 Å². The van der Waals surface area contributed by atoms with Crippen molar-refractivity contribution in [3.8, 4) is 17.2 Å². The zero-order valence-electron chi connectivity index (χ0n) is 19.1. The second-order valence-electron chi connectivity index (χ2n) is 8.58. The molecule has 1 aliphatic heterocycles. The van der Waals surface area contributed by atoms with E-state index >= 15 is 0 Å². The Morgan fingerprint density at radius 2 is 1.63 bits per heavy atom. The summed E-state index contributed by atoms with van der Waals surface area (Å²) in [6.07, 6.45) is 3.95. The van der Waals surface area contributed by atoms with Crippen molar-refractivity contribution in [2.45, 2.75) is 25.2 Å². The molecule has 0 amide bonds. The van der Waals surface area contributed by atoms with Gasteiger partial charge in [0, 0.05) is 28.8 Å². The number of aliphatic carboxylic acids is 1. The highest BCUT2D eigenvalue weighted by Crippen LogP contribution is 2.46. The van der Waals surface area contributed by atoms with Crippen LogP contribution < -0.4 is 15.0 Å². The van der Waals surface area contributed by atoms with Crippen LogP contribution in [0.4, 0.5) is 0 Å². The number of carboxylic acid groups (broad SMARTS) is 1. The minimum Gasteiger partial charge on any atom is -0.482 e. The van der Waals surface area contributed by atoms with Crippen LogP contribution in [0.1, 0.15) is 40.2 Å². The molecule has 6 heteroatoms. The Bertz CT molecular complexity index is 1380. The van der Waals surface area contributed by atoms with Crippen LogP contribution in [-0.4, -0.2) is 22.7 Å². The van der Waals surface area contributed by atoms with Gasteiger partial charge >= 0.3 is 5.97 Å². The largest absolute Gasteiger partial charge is 0.482 e. The first-order valence-corrected chi connectivity index (χ1v) is 11.6. The predicted molar refractivity (Wildman–Crippen MR) is 133 cm³/mol. The van der Waals surface area contributed by atoms with Gasteiger partial charge in [-0.2, -0.15) is 0 Å². The molecule has 0 unspecified atom stereocenters. The van der Waals surface area contributed by atoms with Gasteiger partial charge in [0.05, 0.1) is 0 Å². The third-order valence-electron chi connectivity index (χ3n) is 6.19. The SMILES string of the molecule is O=C(O)COc1cccc(CCCc2cc(C3c4ccccc4Oc4ccccc43)c[nH]c2=O)c1. The number of hydrogen-bond donors (Lipinski definition) is 2. The Hall–Kier alpha value is -4.32. The van der Waals surface area contributed by atoms with Crippen LogP contribution in [0.3, 0.4) is 0 Å². The number of rotatable bonds is 8. The van der Waals surface area contributed by atoms with Crippen LogP contribution >= 0.6 is 0 Å². The summed E-state index contributed by atoms with van der Waals surface area (Å²) in [5.41, 5.74) is 4.85. The molecule has 176 valence electrons. The highest BCUT2D eigenvalue weighted by molar-refractivity contribution is 5.68. The van der Waals surface area contributed by atoms with E-state index in [0.29, 0.717) is 12.2 Å². The third-order valence-corrected chi connectivity index (χ3v) is 6.19. The van der Waals surface area contributed by atoms with E-state index in [1.165, 1.54) is 0 Å². The number of aromatic nitrogens is 1. The molecule has 2 N–H and O–H groups in total. The lowest BCUT2D eigenvalue weighted by atomic mass is 9.83. The maximum atomic E-state index is 12.6. The van der Waals surface area contributed by atoms with E-state index in [2.05, 4.69) is 17.1 Å². The number of aromatic amines is 1. The van der Waals surface area contributed by atoms with Gasteiger partial charge in [-0.1, -0.05) is 48.5 Å². The fourth-order valence-electron chi connectivity index (χ4n) is 4.59. The Balaban J connectivity index is 1.36. The van der Waals surface area contributed by atoms with Crippen LogP contribution in [0.25, 0.3) is 0 Å². The lowest BCUT2D eigenvalue weighted by molar-refractivity contribution is -0.139. The molecule has 5 rings (SSSR count). The molecule has 4 aromatic rings. The molecule has 1 aliphatic rings. The molecule has 1 aromatic heterocycles. The molecule has 2 heterocycles. The first kappa shape index (κ1) is 22.5. The molecule has 0 atom stereocenters. The van der Waals surface area contributed by atoms with Crippen molar-refractivity contribution in [3.63, 3.8) is 0 Å². The number of hydrogen-bond acceptors (Lipinski definition) is 4. The minimum absolute atomic E-state index is 0.0326. The van der Waals surface area contributed by atoms with Gasteiger partial charge < -0.3 is 19.6 Å². The van der Waals surface area contributed by atoms with E-state index in [-0.39, 0.29) is 18.1 Å². The zero-order chi connectivity index (χ0) is 24.2. The molecular formula is C29H25NO5. The average molecular weight is 468 g/mol. The number of fused-ring (bicyclic) bond motifs is 2.